The molecule has 2 atom stereocenters. The number of benzene rings is 2. The number of rotatable bonds is 6. The van der Waals surface area contributed by atoms with Crippen molar-refractivity contribution in [3.05, 3.63) is 59.7 Å². The average molecular weight is 313 g/mol. The summed E-state index contributed by atoms with van der Waals surface area (Å²) in [5.41, 5.74) is 2.26. The van der Waals surface area contributed by atoms with Gasteiger partial charge in [-0.05, 0) is 38.5 Å². The van der Waals surface area contributed by atoms with Crippen LogP contribution >= 0.6 is 0 Å². The Morgan fingerprint density at radius 1 is 1.00 bits per heavy atom. The lowest BCUT2D eigenvalue weighted by Gasteiger charge is -2.20. The third-order valence-corrected chi connectivity index (χ3v) is 3.68. The first kappa shape index (κ1) is 16.9. The van der Waals surface area contributed by atoms with Gasteiger partial charge in [-0.15, -0.1) is 0 Å². The van der Waals surface area contributed by atoms with Crippen molar-refractivity contribution in [2.24, 2.45) is 0 Å². The van der Waals surface area contributed by atoms with Gasteiger partial charge in [0.2, 0.25) is 0 Å². The van der Waals surface area contributed by atoms with E-state index in [1.807, 2.05) is 50.2 Å². The van der Waals surface area contributed by atoms with Gasteiger partial charge in [-0.2, -0.15) is 0 Å². The average Bonchev–Trinajstić information content (AvgIpc) is 2.55. The van der Waals surface area contributed by atoms with E-state index in [9.17, 15) is 4.79 Å². The van der Waals surface area contributed by atoms with Crippen LogP contribution in [0.2, 0.25) is 0 Å². The van der Waals surface area contributed by atoms with Crippen LogP contribution in [0.4, 0.5) is 0 Å². The van der Waals surface area contributed by atoms with E-state index in [0.717, 1.165) is 5.56 Å². The number of carbonyl (C=O) groups is 1. The van der Waals surface area contributed by atoms with E-state index < -0.39 is 6.10 Å². The number of ether oxygens (including phenoxy) is 2. The van der Waals surface area contributed by atoms with E-state index in [4.69, 9.17) is 9.47 Å². The van der Waals surface area contributed by atoms with Crippen LogP contribution in [0.25, 0.3) is 0 Å². The van der Waals surface area contributed by atoms with E-state index in [0.29, 0.717) is 11.5 Å². The molecule has 0 fully saturated rings. The fraction of sp³-hybridized carbons (Fsp3) is 0.316. The molecule has 0 aliphatic rings. The minimum Gasteiger partial charge on any atom is -0.493 e. The van der Waals surface area contributed by atoms with Crippen molar-refractivity contribution in [2.75, 3.05) is 7.11 Å². The second-order valence-electron chi connectivity index (χ2n) is 5.55. The fourth-order valence-electron chi connectivity index (χ4n) is 2.23. The molecule has 1 N–H and O–H groups in total. The molecule has 4 nitrogen and oxygen atoms in total. The maximum absolute atomic E-state index is 12.3. The van der Waals surface area contributed by atoms with Crippen molar-refractivity contribution in [1.82, 2.24) is 5.32 Å². The van der Waals surface area contributed by atoms with Crippen molar-refractivity contribution >= 4 is 5.91 Å². The lowest BCUT2D eigenvalue weighted by Crippen LogP contribution is -2.37. The third-order valence-electron chi connectivity index (χ3n) is 3.68. The highest BCUT2D eigenvalue weighted by molar-refractivity contribution is 5.81. The molecule has 0 bridgehead atoms. The number of hydrogen-bond acceptors (Lipinski definition) is 3. The normalized spacial score (nSPS) is 13.0. The Labute approximate surface area is 137 Å². The molecule has 23 heavy (non-hydrogen) atoms. The topological polar surface area (TPSA) is 47.6 Å². The van der Waals surface area contributed by atoms with Crippen molar-refractivity contribution < 1.29 is 14.3 Å². The van der Waals surface area contributed by atoms with Crippen molar-refractivity contribution in [3.63, 3.8) is 0 Å². The monoisotopic (exact) mass is 313 g/mol. The second kappa shape index (κ2) is 7.68. The zero-order valence-corrected chi connectivity index (χ0v) is 14.0. The number of methoxy groups -OCH3 is 1. The van der Waals surface area contributed by atoms with Crippen molar-refractivity contribution in [2.45, 2.75) is 32.9 Å². The molecule has 0 aromatic heterocycles. The number of nitrogens with one attached hydrogen (secondary N) is 1. The van der Waals surface area contributed by atoms with Gasteiger partial charge < -0.3 is 14.8 Å². The van der Waals surface area contributed by atoms with E-state index >= 15 is 0 Å². The van der Waals surface area contributed by atoms with E-state index in [-0.39, 0.29) is 11.9 Å². The highest BCUT2D eigenvalue weighted by Gasteiger charge is 2.19. The van der Waals surface area contributed by atoms with Gasteiger partial charge in [0.1, 0.15) is 0 Å². The Balaban J connectivity index is 1.98. The van der Waals surface area contributed by atoms with Gasteiger partial charge in [0.05, 0.1) is 13.2 Å². The molecule has 0 heterocycles. The molecule has 2 aromatic rings. The second-order valence-corrected chi connectivity index (χ2v) is 5.55. The number of para-hydroxylation sites is 2. The summed E-state index contributed by atoms with van der Waals surface area (Å²) in [7, 11) is 1.58. The third kappa shape index (κ3) is 4.49. The zero-order chi connectivity index (χ0) is 16.8. The molecule has 0 aliphatic heterocycles. The Kier molecular flexibility index (Phi) is 5.63. The van der Waals surface area contributed by atoms with Crippen molar-refractivity contribution in [1.29, 1.82) is 0 Å². The SMILES string of the molecule is COc1ccccc1O[C@H](C)C(=O)N[C@H](C)c1ccc(C)cc1. The van der Waals surface area contributed by atoms with Crippen LogP contribution < -0.4 is 14.8 Å². The summed E-state index contributed by atoms with van der Waals surface area (Å²) in [6.07, 6.45) is -0.612. The number of carbonyl (C=O) groups excluding carboxylic acids is 1. The molecule has 0 saturated heterocycles. The zero-order valence-electron chi connectivity index (χ0n) is 14.0. The van der Waals surface area contributed by atoms with E-state index in [1.165, 1.54) is 5.56 Å². The molecule has 1 amide bonds. The van der Waals surface area contributed by atoms with Crippen LogP contribution in [0, 0.1) is 6.92 Å². The molecule has 0 unspecified atom stereocenters. The van der Waals surface area contributed by atoms with Gasteiger partial charge in [0.25, 0.3) is 5.91 Å². The highest BCUT2D eigenvalue weighted by Crippen LogP contribution is 2.27. The first-order valence-electron chi connectivity index (χ1n) is 7.68. The van der Waals surface area contributed by atoms with Gasteiger partial charge in [-0.25, -0.2) is 0 Å². The number of amides is 1. The summed E-state index contributed by atoms with van der Waals surface area (Å²) in [4.78, 5) is 12.3. The van der Waals surface area contributed by atoms with Gasteiger partial charge in [-0.1, -0.05) is 42.0 Å². The molecular weight excluding hydrogens is 290 g/mol. The number of aryl methyl sites for hydroxylation is 1. The highest BCUT2D eigenvalue weighted by atomic mass is 16.5. The van der Waals surface area contributed by atoms with Gasteiger partial charge in [0.15, 0.2) is 17.6 Å². The fourth-order valence-corrected chi connectivity index (χ4v) is 2.23. The van der Waals surface area contributed by atoms with Crippen LogP contribution in [-0.2, 0) is 4.79 Å². The minimum absolute atomic E-state index is 0.0770. The predicted octanol–water partition coefficient (Wildman–Crippen LogP) is 3.65. The minimum atomic E-state index is -0.612. The molecule has 2 rings (SSSR count). The maximum Gasteiger partial charge on any atom is 0.261 e. The van der Waals surface area contributed by atoms with Crippen LogP contribution in [0.15, 0.2) is 48.5 Å². The predicted molar refractivity (Wildman–Crippen MR) is 90.8 cm³/mol. The van der Waals surface area contributed by atoms with Gasteiger partial charge >= 0.3 is 0 Å². The van der Waals surface area contributed by atoms with Crippen LogP contribution in [-0.4, -0.2) is 19.1 Å². The first-order valence-corrected chi connectivity index (χ1v) is 7.68. The Morgan fingerprint density at radius 3 is 2.22 bits per heavy atom. The van der Waals surface area contributed by atoms with E-state index in [1.54, 1.807) is 26.2 Å². The van der Waals surface area contributed by atoms with Gasteiger partial charge in [-0.3, -0.25) is 4.79 Å². The summed E-state index contributed by atoms with van der Waals surface area (Å²) >= 11 is 0. The summed E-state index contributed by atoms with van der Waals surface area (Å²) < 4.78 is 10.9. The quantitative estimate of drug-likeness (QED) is 0.885. The summed E-state index contributed by atoms with van der Waals surface area (Å²) in [5, 5.41) is 2.97. The standard InChI is InChI=1S/C19H23NO3/c1-13-9-11-16(12-10-13)14(2)20-19(21)15(3)23-18-8-6-5-7-17(18)22-4/h5-12,14-15H,1-4H3,(H,20,21)/t14-,15-/m1/s1. The van der Waals surface area contributed by atoms with Crippen LogP contribution in [0.3, 0.4) is 0 Å². The van der Waals surface area contributed by atoms with Gasteiger partial charge in [0, 0.05) is 0 Å². The van der Waals surface area contributed by atoms with Crippen LogP contribution in [0.1, 0.15) is 31.0 Å². The summed E-state index contributed by atoms with van der Waals surface area (Å²) in [6, 6.07) is 15.3. The molecule has 0 aliphatic carbocycles. The summed E-state index contributed by atoms with van der Waals surface area (Å²) in [6.45, 7) is 5.72. The largest absolute Gasteiger partial charge is 0.493 e. The molecule has 0 spiro atoms. The molecule has 2 aromatic carbocycles. The lowest BCUT2D eigenvalue weighted by atomic mass is 10.1. The first-order chi connectivity index (χ1) is 11.0. The molecule has 122 valence electrons. The Hall–Kier alpha value is -2.49. The molecule has 4 heteroatoms. The Morgan fingerprint density at radius 2 is 1.61 bits per heavy atom. The molecular formula is C19H23NO3. The van der Waals surface area contributed by atoms with Crippen molar-refractivity contribution in [3.8, 4) is 11.5 Å². The number of hydrogen-bond donors (Lipinski definition) is 1. The Bertz CT molecular complexity index is 652. The smallest absolute Gasteiger partial charge is 0.261 e. The van der Waals surface area contributed by atoms with E-state index in [2.05, 4.69) is 5.32 Å². The lowest BCUT2D eigenvalue weighted by molar-refractivity contribution is -0.127. The van der Waals surface area contributed by atoms with Crippen LogP contribution in [0.5, 0.6) is 11.5 Å². The molecule has 0 radical (unpaired) electrons. The summed E-state index contributed by atoms with van der Waals surface area (Å²) in [5.74, 6) is 1.00. The maximum atomic E-state index is 12.3. The molecule has 0 saturated carbocycles.